The van der Waals surface area contributed by atoms with E-state index in [9.17, 15) is 9.59 Å². The van der Waals surface area contributed by atoms with Gasteiger partial charge in [-0.3, -0.25) is 19.6 Å². The van der Waals surface area contributed by atoms with Gasteiger partial charge in [0.25, 0.3) is 0 Å². The summed E-state index contributed by atoms with van der Waals surface area (Å²) in [4.78, 5) is 36.8. The summed E-state index contributed by atoms with van der Waals surface area (Å²) in [6.45, 7) is 2.81. The molecule has 2 heterocycles. The Bertz CT molecular complexity index is 1180. The maximum atomic E-state index is 12.6. The SMILES string of the molecule is CC(=O)N1CCN(C(=O)/C=C\Cl)[C@@H](c2cc(Cl)cc(-c3ccc4nccnc4c3)c2)C1. The van der Waals surface area contributed by atoms with E-state index < -0.39 is 0 Å². The van der Waals surface area contributed by atoms with Gasteiger partial charge in [0.05, 0.1) is 17.1 Å². The van der Waals surface area contributed by atoms with E-state index in [1.807, 2.05) is 36.4 Å². The fourth-order valence-electron chi connectivity index (χ4n) is 3.88. The predicted octanol–water partition coefficient (Wildman–Crippen LogP) is 4.43. The number of aromatic nitrogens is 2. The zero-order valence-corrected chi connectivity index (χ0v) is 18.3. The molecule has 0 aliphatic carbocycles. The van der Waals surface area contributed by atoms with E-state index in [2.05, 4.69) is 9.97 Å². The second-order valence-corrected chi connectivity index (χ2v) is 8.03. The highest BCUT2D eigenvalue weighted by Gasteiger charge is 2.32. The smallest absolute Gasteiger partial charge is 0.248 e. The Morgan fingerprint density at radius 3 is 2.55 bits per heavy atom. The van der Waals surface area contributed by atoms with Crippen LogP contribution in [0.4, 0.5) is 0 Å². The molecule has 0 bridgehead atoms. The number of amides is 2. The van der Waals surface area contributed by atoms with Crippen LogP contribution < -0.4 is 0 Å². The van der Waals surface area contributed by atoms with E-state index in [1.54, 1.807) is 22.2 Å². The van der Waals surface area contributed by atoms with Crippen LogP contribution in [-0.4, -0.2) is 51.2 Å². The lowest BCUT2D eigenvalue weighted by Gasteiger charge is -2.41. The van der Waals surface area contributed by atoms with Crippen molar-refractivity contribution in [3.63, 3.8) is 0 Å². The summed E-state index contributed by atoms with van der Waals surface area (Å²) in [6, 6.07) is 11.2. The monoisotopic (exact) mass is 454 g/mol. The van der Waals surface area contributed by atoms with Gasteiger partial charge in [-0.25, -0.2) is 0 Å². The molecule has 2 aromatic carbocycles. The molecule has 6 nitrogen and oxygen atoms in total. The summed E-state index contributed by atoms with van der Waals surface area (Å²) in [5, 5.41) is 0.548. The summed E-state index contributed by atoms with van der Waals surface area (Å²) in [7, 11) is 0. The van der Waals surface area contributed by atoms with E-state index >= 15 is 0 Å². The van der Waals surface area contributed by atoms with Gasteiger partial charge in [-0.15, -0.1) is 0 Å². The van der Waals surface area contributed by atoms with Gasteiger partial charge in [-0.1, -0.05) is 29.3 Å². The maximum Gasteiger partial charge on any atom is 0.248 e. The van der Waals surface area contributed by atoms with Gasteiger partial charge in [0.15, 0.2) is 0 Å². The van der Waals surface area contributed by atoms with Gasteiger partial charge in [-0.2, -0.15) is 0 Å². The van der Waals surface area contributed by atoms with Crippen LogP contribution in [0.3, 0.4) is 0 Å². The molecule has 4 rings (SSSR count). The molecule has 158 valence electrons. The maximum absolute atomic E-state index is 12.6. The lowest BCUT2D eigenvalue weighted by molar-refractivity contribution is -0.139. The molecule has 2 amide bonds. The van der Waals surface area contributed by atoms with Crippen LogP contribution in [0.15, 0.2) is 60.4 Å². The molecule has 0 spiro atoms. The van der Waals surface area contributed by atoms with E-state index in [-0.39, 0.29) is 17.9 Å². The third kappa shape index (κ3) is 4.55. The number of benzene rings is 2. The minimum atomic E-state index is -0.337. The van der Waals surface area contributed by atoms with Gasteiger partial charge in [-0.05, 0) is 47.0 Å². The van der Waals surface area contributed by atoms with Crippen LogP contribution in [0, 0.1) is 0 Å². The van der Waals surface area contributed by atoms with Crippen LogP contribution in [0.1, 0.15) is 18.5 Å². The molecule has 0 radical (unpaired) electrons. The number of fused-ring (bicyclic) bond motifs is 1. The molecule has 0 saturated carbocycles. The third-order valence-electron chi connectivity index (χ3n) is 5.42. The molecule has 8 heteroatoms. The first-order chi connectivity index (χ1) is 15.0. The Labute approximate surface area is 190 Å². The lowest BCUT2D eigenvalue weighted by atomic mass is 9.96. The average Bonchev–Trinajstić information content (AvgIpc) is 2.78. The standard InChI is InChI=1S/C23H20Cl2N4O2/c1-15(30)28-8-9-29(23(31)4-5-24)22(14-28)18-10-17(11-19(25)12-18)16-2-3-20-21(13-16)27-7-6-26-20/h2-7,10-13,22H,8-9,14H2,1H3/b5-4-/t22-/m1/s1. The zero-order valence-electron chi connectivity index (χ0n) is 16.8. The van der Waals surface area contributed by atoms with Crippen molar-refractivity contribution in [1.82, 2.24) is 19.8 Å². The minimum Gasteiger partial charge on any atom is -0.339 e. The van der Waals surface area contributed by atoms with E-state index in [4.69, 9.17) is 23.2 Å². The molecule has 3 aromatic rings. The highest BCUT2D eigenvalue weighted by Crippen LogP contribution is 2.33. The zero-order chi connectivity index (χ0) is 22.0. The lowest BCUT2D eigenvalue weighted by Crippen LogP contribution is -2.51. The Kier molecular flexibility index (Phi) is 6.20. The van der Waals surface area contributed by atoms with Gasteiger partial charge in [0.2, 0.25) is 11.8 Å². The molecule has 31 heavy (non-hydrogen) atoms. The second-order valence-electron chi connectivity index (χ2n) is 7.34. The van der Waals surface area contributed by atoms with Crippen molar-refractivity contribution in [1.29, 1.82) is 0 Å². The molecule has 1 aliphatic rings. The average molecular weight is 455 g/mol. The number of nitrogens with zero attached hydrogens (tertiary/aromatic N) is 4. The number of carbonyl (C=O) groups is 2. The number of rotatable bonds is 3. The van der Waals surface area contributed by atoms with E-state index in [0.717, 1.165) is 27.7 Å². The first kappa shape index (κ1) is 21.3. The predicted molar refractivity (Wildman–Crippen MR) is 122 cm³/mol. The Balaban J connectivity index is 1.76. The number of carbonyl (C=O) groups excluding carboxylic acids is 2. The Hall–Kier alpha value is -2.96. The van der Waals surface area contributed by atoms with Crippen molar-refractivity contribution in [3.8, 4) is 11.1 Å². The molecule has 1 aliphatic heterocycles. The molecule has 1 aromatic heterocycles. The van der Waals surface area contributed by atoms with Crippen LogP contribution in [0.2, 0.25) is 5.02 Å². The molecule has 1 atom stereocenters. The van der Waals surface area contributed by atoms with Crippen LogP contribution in [0.5, 0.6) is 0 Å². The molecule has 0 N–H and O–H groups in total. The van der Waals surface area contributed by atoms with E-state index in [0.29, 0.717) is 24.7 Å². The van der Waals surface area contributed by atoms with E-state index in [1.165, 1.54) is 18.5 Å². The van der Waals surface area contributed by atoms with Gasteiger partial charge < -0.3 is 9.80 Å². The van der Waals surface area contributed by atoms with Crippen molar-refractivity contribution in [2.45, 2.75) is 13.0 Å². The molecular weight excluding hydrogens is 435 g/mol. The first-order valence-electron chi connectivity index (χ1n) is 9.81. The van der Waals surface area contributed by atoms with Crippen LogP contribution >= 0.6 is 23.2 Å². The van der Waals surface area contributed by atoms with Gasteiger partial charge in [0.1, 0.15) is 0 Å². The number of hydrogen-bond donors (Lipinski definition) is 0. The van der Waals surface area contributed by atoms with Crippen molar-refractivity contribution in [2.24, 2.45) is 0 Å². The summed E-state index contributed by atoms with van der Waals surface area (Å²) in [5.41, 5.74) is 5.48. The summed E-state index contributed by atoms with van der Waals surface area (Å²) in [6.07, 6.45) is 4.64. The number of hydrogen-bond acceptors (Lipinski definition) is 4. The Morgan fingerprint density at radius 1 is 1.03 bits per heavy atom. The fraction of sp³-hybridized carbons (Fsp3) is 0.217. The minimum absolute atomic E-state index is 0.0275. The largest absolute Gasteiger partial charge is 0.339 e. The summed E-state index contributed by atoms with van der Waals surface area (Å²) < 4.78 is 0. The van der Waals surface area contributed by atoms with Crippen molar-refractivity contribution < 1.29 is 9.59 Å². The highest BCUT2D eigenvalue weighted by atomic mass is 35.5. The van der Waals surface area contributed by atoms with Gasteiger partial charge >= 0.3 is 0 Å². The summed E-state index contributed by atoms with van der Waals surface area (Å²) in [5.74, 6) is -0.231. The molecule has 1 saturated heterocycles. The molecule has 0 unspecified atom stereocenters. The normalized spacial score (nSPS) is 16.8. The third-order valence-corrected chi connectivity index (χ3v) is 5.77. The fourth-order valence-corrected chi connectivity index (χ4v) is 4.23. The van der Waals surface area contributed by atoms with Crippen LogP contribution in [-0.2, 0) is 9.59 Å². The quantitative estimate of drug-likeness (QED) is 0.548. The topological polar surface area (TPSA) is 66.4 Å². The summed E-state index contributed by atoms with van der Waals surface area (Å²) >= 11 is 12.1. The molecular formula is C23H20Cl2N4O2. The van der Waals surface area contributed by atoms with Crippen molar-refractivity contribution in [2.75, 3.05) is 19.6 Å². The first-order valence-corrected chi connectivity index (χ1v) is 10.6. The molecule has 1 fully saturated rings. The van der Waals surface area contributed by atoms with Gasteiger partial charge in [0, 0.05) is 55.6 Å². The second kappa shape index (κ2) is 9.04. The van der Waals surface area contributed by atoms with Crippen molar-refractivity contribution in [3.05, 3.63) is 71.0 Å². The Morgan fingerprint density at radius 2 is 1.81 bits per heavy atom. The van der Waals surface area contributed by atoms with Crippen LogP contribution in [0.25, 0.3) is 22.2 Å². The highest BCUT2D eigenvalue weighted by molar-refractivity contribution is 6.31. The van der Waals surface area contributed by atoms with Crippen molar-refractivity contribution >= 4 is 46.0 Å². The number of piperazine rings is 1. The number of halogens is 2.